The Kier molecular flexibility index (Phi) is 2.95. The Balaban J connectivity index is 2.42. The largest absolute Gasteiger partial charge is 0.610 e. The second-order valence-electron chi connectivity index (χ2n) is 2.79. The Labute approximate surface area is 95.1 Å². The molecule has 1 unspecified atom stereocenters. The molecule has 0 aliphatic rings. The van der Waals surface area contributed by atoms with Crippen molar-refractivity contribution >= 4 is 22.8 Å². The zero-order valence-electron chi connectivity index (χ0n) is 7.85. The first-order valence-corrected chi connectivity index (χ1v) is 6.04. The third-order valence-corrected chi connectivity index (χ3v) is 2.83. The molecule has 0 saturated heterocycles. The van der Waals surface area contributed by atoms with Gasteiger partial charge in [-0.1, -0.05) is 11.6 Å². The van der Waals surface area contributed by atoms with Crippen LogP contribution in [0.3, 0.4) is 0 Å². The van der Waals surface area contributed by atoms with E-state index in [1.165, 1.54) is 4.68 Å². The Hall–Kier alpha value is -1.04. The normalized spacial score (nSPS) is 12.7. The van der Waals surface area contributed by atoms with E-state index >= 15 is 0 Å². The summed E-state index contributed by atoms with van der Waals surface area (Å²) in [6.45, 7) is 0. The number of hydrogen-bond acceptors (Lipinski definition) is 3. The maximum absolute atomic E-state index is 11.1. The van der Waals surface area contributed by atoms with Gasteiger partial charge < -0.3 is 4.55 Å². The molecule has 2 aromatic heterocycles. The summed E-state index contributed by atoms with van der Waals surface area (Å²) in [6, 6.07) is 5.00. The summed E-state index contributed by atoms with van der Waals surface area (Å²) in [7, 11) is 0. The van der Waals surface area contributed by atoms with Crippen LogP contribution in [0.25, 0.3) is 5.82 Å². The van der Waals surface area contributed by atoms with E-state index in [4.69, 9.17) is 11.6 Å². The second kappa shape index (κ2) is 4.22. The molecule has 6 heteroatoms. The molecule has 0 aromatic carbocycles. The van der Waals surface area contributed by atoms with Gasteiger partial charge in [-0.15, -0.1) is 5.10 Å². The lowest BCUT2D eigenvalue weighted by Crippen LogP contribution is -2.03. The molecule has 0 saturated carbocycles. The van der Waals surface area contributed by atoms with Crippen molar-refractivity contribution < 1.29 is 4.55 Å². The maximum atomic E-state index is 11.1. The predicted octanol–water partition coefficient (Wildman–Crippen LogP) is 1.46. The van der Waals surface area contributed by atoms with E-state index in [1.807, 2.05) is 0 Å². The molecule has 0 fully saturated rings. The summed E-state index contributed by atoms with van der Waals surface area (Å²) >= 11 is 4.81. The van der Waals surface area contributed by atoms with Gasteiger partial charge in [-0.05, 0) is 12.1 Å². The van der Waals surface area contributed by atoms with E-state index in [-0.39, 0.29) is 0 Å². The first kappa shape index (κ1) is 10.5. The topological polar surface area (TPSA) is 53.8 Å². The molecule has 0 spiro atoms. The van der Waals surface area contributed by atoms with E-state index < -0.39 is 11.2 Å². The third-order valence-electron chi connectivity index (χ3n) is 1.74. The first-order chi connectivity index (χ1) is 7.18. The van der Waals surface area contributed by atoms with E-state index in [9.17, 15) is 4.55 Å². The van der Waals surface area contributed by atoms with E-state index in [0.29, 0.717) is 15.9 Å². The molecule has 0 N–H and O–H groups in total. The number of halogens is 1. The van der Waals surface area contributed by atoms with Crippen molar-refractivity contribution in [2.75, 3.05) is 6.26 Å². The molecule has 1 atom stereocenters. The lowest BCUT2D eigenvalue weighted by atomic mass is 10.4. The molecule has 0 amide bonds. The summed E-state index contributed by atoms with van der Waals surface area (Å²) in [5.41, 5.74) is 0. The number of nitrogens with zero attached hydrogens (tertiary/aromatic N) is 3. The van der Waals surface area contributed by atoms with Gasteiger partial charge in [0, 0.05) is 23.4 Å². The first-order valence-electron chi connectivity index (χ1n) is 4.10. The predicted molar refractivity (Wildman–Crippen MR) is 57.5 cm³/mol. The monoisotopic (exact) mass is 240 g/mol. The highest BCUT2D eigenvalue weighted by molar-refractivity contribution is 7.90. The van der Waals surface area contributed by atoms with Crippen LogP contribution in [0.15, 0.2) is 29.4 Å². The molecule has 4 nitrogen and oxygen atoms in total. The van der Waals surface area contributed by atoms with Crippen molar-refractivity contribution in [1.29, 1.82) is 0 Å². The van der Waals surface area contributed by atoms with Gasteiger partial charge in [0.2, 0.25) is 0 Å². The highest BCUT2D eigenvalue weighted by Crippen LogP contribution is 2.16. The van der Waals surface area contributed by atoms with Crippen molar-refractivity contribution in [1.82, 2.24) is 14.8 Å². The van der Waals surface area contributed by atoms with Crippen LogP contribution in [-0.2, 0) is 11.2 Å². The summed E-state index contributed by atoms with van der Waals surface area (Å²) < 4.78 is 12.5. The summed E-state index contributed by atoms with van der Waals surface area (Å²) in [6.07, 6.45) is 5.98. The van der Waals surface area contributed by atoms with Gasteiger partial charge >= 0.3 is 0 Å². The van der Waals surface area contributed by atoms with Crippen molar-refractivity contribution in [3.63, 3.8) is 0 Å². The highest BCUT2D eigenvalue weighted by Gasteiger charge is 2.11. The molecule has 15 heavy (non-hydrogen) atoms. The van der Waals surface area contributed by atoms with Gasteiger partial charge in [-0.25, -0.2) is 9.67 Å². The van der Waals surface area contributed by atoms with Crippen LogP contribution >= 0.6 is 11.6 Å². The van der Waals surface area contributed by atoms with Crippen molar-refractivity contribution in [3.05, 3.63) is 35.6 Å². The second-order valence-corrected chi connectivity index (χ2v) is 4.52. The summed E-state index contributed by atoms with van der Waals surface area (Å²) in [5, 5.41) is 4.99. The number of aromatic nitrogens is 3. The third kappa shape index (κ3) is 2.14. The molecule has 2 rings (SSSR count). The summed E-state index contributed by atoms with van der Waals surface area (Å²) in [4.78, 5) is 4.06. The fraction of sp³-hybridized carbons (Fsp3) is 0.111. The molecule has 2 heterocycles. The average molecular weight is 241 g/mol. The lowest BCUT2D eigenvalue weighted by Gasteiger charge is -2.01. The highest BCUT2D eigenvalue weighted by atomic mass is 35.5. The van der Waals surface area contributed by atoms with Crippen LogP contribution in [-0.4, -0.2) is 25.6 Å². The van der Waals surface area contributed by atoms with Crippen LogP contribution in [0.1, 0.15) is 0 Å². The molecular weight excluding hydrogens is 234 g/mol. The minimum absolute atomic E-state index is 0.455. The maximum Gasteiger partial charge on any atom is 0.263 e. The van der Waals surface area contributed by atoms with Gasteiger partial charge in [0.25, 0.3) is 5.03 Å². The van der Waals surface area contributed by atoms with E-state index in [0.717, 1.165) is 0 Å². The fourth-order valence-corrected chi connectivity index (χ4v) is 1.67. The molecular formula is C9H7ClN3OS. The van der Waals surface area contributed by atoms with Gasteiger partial charge in [0.15, 0.2) is 5.82 Å². The Morgan fingerprint density at radius 3 is 3.00 bits per heavy atom. The molecule has 0 bridgehead atoms. The van der Waals surface area contributed by atoms with Gasteiger partial charge in [0.05, 0.1) is 5.02 Å². The standard InChI is InChI=1S/C9H7ClN3OS/c1-15(14)8-4-6-13(12-8)9-7(10)3-2-5-11-9/h2-5H,1H3. The van der Waals surface area contributed by atoms with Crippen LogP contribution in [0.5, 0.6) is 0 Å². The van der Waals surface area contributed by atoms with Crippen molar-refractivity contribution in [2.24, 2.45) is 0 Å². The van der Waals surface area contributed by atoms with E-state index in [2.05, 4.69) is 16.3 Å². The zero-order chi connectivity index (χ0) is 10.8. The molecule has 0 aliphatic heterocycles. The number of pyridine rings is 1. The lowest BCUT2D eigenvalue weighted by molar-refractivity contribution is 0.595. The van der Waals surface area contributed by atoms with Crippen molar-refractivity contribution in [3.8, 4) is 5.82 Å². The molecule has 0 aliphatic carbocycles. The number of rotatable bonds is 2. The van der Waals surface area contributed by atoms with Gasteiger partial charge in [-0.3, -0.25) is 0 Å². The van der Waals surface area contributed by atoms with Gasteiger partial charge in [-0.2, -0.15) is 0 Å². The Morgan fingerprint density at radius 1 is 1.60 bits per heavy atom. The average Bonchev–Trinajstić information content (AvgIpc) is 2.67. The Morgan fingerprint density at radius 2 is 2.40 bits per heavy atom. The minimum atomic E-state index is -1.12. The Bertz CT molecular complexity index is 472. The minimum Gasteiger partial charge on any atom is -0.610 e. The number of hydrogen-bond donors (Lipinski definition) is 0. The van der Waals surface area contributed by atoms with Gasteiger partial charge in [0.1, 0.15) is 12.5 Å². The van der Waals surface area contributed by atoms with E-state index in [1.54, 1.807) is 30.7 Å². The smallest absolute Gasteiger partial charge is 0.263 e. The molecule has 77 valence electrons. The molecule has 1 radical (unpaired) electrons. The van der Waals surface area contributed by atoms with Crippen LogP contribution < -0.4 is 0 Å². The fourth-order valence-electron chi connectivity index (χ4n) is 1.05. The zero-order valence-corrected chi connectivity index (χ0v) is 9.42. The van der Waals surface area contributed by atoms with Crippen LogP contribution in [0, 0.1) is 6.20 Å². The van der Waals surface area contributed by atoms with Crippen LogP contribution in [0.2, 0.25) is 5.02 Å². The summed E-state index contributed by atoms with van der Waals surface area (Å²) in [5.74, 6) is 0.482. The quantitative estimate of drug-likeness (QED) is 0.747. The van der Waals surface area contributed by atoms with Crippen LogP contribution in [0.4, 0.5) is 0 Å². The molecule has 2 aromatic rings. The van der Waals surface area contributed by atoms with Crippen molar-refractivity contribution in [2.45, 2.75) is 5.03 Å². The SMILES string of the molecule is C[S+]([O-])c1c[c]n(-c2ncccc2Cl)n1.